The summed E-state index contributed by atoms with van der Waals surface area (Å²) in [4.78, 5) is 35.4. The molecule has 8 nitrogen and oxygen atoms in total. The Hall–Kier alpha value is -4.67. The van der Waals surface area contributed by atoms with Crippen LogP contribution >= 0.6 is 23.1 Å². The Bertz CT molecular complexity index is 2060. The van der Waals surface area contributed by atoms with E-state index in [-0.39, 0.29) is 33.0 Å². The number of rotatable bonds is 7. The highest BCUT2D eigenvalue weighted by Gasteiger charge is 2.34. The van der Waals surface area contributed by atoms with Gasteiger partial charge in [-0.2, -0.15) is 18.4 Å². The van der Waals surface area contributed by atoms with E-state index in [0.29, 0.717) is 31.9 Å². The lowest BCUT2D eigenvalue weighted by Crippen LogP contribution is -2.39. The van der Waals surface area contributed by atoms with Crippen LogP contribution in [-0.4, -0.2) is 29.7 Å². The van der Waals surface area contributed by atoms with Crippen molar-refractivity contribution in [3.05, 3.63) is 119 Å². The van der Waals surface area contributed by atoms with Crippen LogP contribution in [0, 0.1) is 18.3 Å². The van der Waals surface area contributed by atoms with Crippen LogP contribution < -0.4 is 19.6 Å². The second kappa shape index (κ2) is 12.7. The third-order valence-corrected chi connectivity index (χ3v) is 9.10. The number of thioether (sulfide) groups is 1. The standard InChI is InChI=1S/C32H25F3N4O4S2/c1-17-12-25(32(33,34)35)38-28(22(17)15-36)44-16-21-13-19(10-11-23(21)42-3)14-24-29(40)39-27(20-8-6-5-7-9-20)26(30(41)43-4)18(2)37-31(39)45-24/h5-14,27H,16H2,1-4H3/b24-14-/t27-/m0/s1. The van der Waals surface area contributed by atoms with Crippen molar-refractivity contribution in [1.82, 2.24) is 9.55 Å². The highest BCUT2D eigenvalue weighted by atomic mass is 32.2. The van der Waals surface area contributed by atoms with Gasteiger partial charge in [0.25, 0.3) is 5.56 Å². The lowest BCUT2D eigenvalue weighted by Gasteiger charge is -2.24. The van der Waals surface area contributed by atoms with Crippen LogP contribution in [0.1, 0.15) is 46.5 Å². The van der Waals surface area contributed by atoms with Gasteiger partial charge in [-0.15, -0.1) is 11.8 Å². The molecule has 13 heteroatoms. The average molecular weight is 651 g/mol. The molecule has 1 atom stereocenters. The van der Waals surface area contributed by atoms with Crippen LogP contribution in [0.4, 0.5) is 13.2 Å². The molecule has 0 amide bonds. The molecule has 230 valence electrons. The van der Waals surface area contributed by atoms with Gasteiger partial charge in [0.1, 0.15) is 22.5 Å². The SMILES string of the molecule is COC(=O)C1=C(C)N=c2s/c(=C\c3ccc(OC)c(CSc4nc(C(F)(F)F)cc(C)c4C#N)c3)c(=O)n2[C@H]1c1ccccc1. The van der Waals surface area contributed by atoms with Crippen molar-refractivity contribution >= 4 is 35.1 Å². The number of nitrogens with zero attached hydrogens (tertiary/aromatic N) is 4. The Labute approximate surface area is 263 Å². The van der Waals surface area contributed by atoms with Gasteiger partial charge in [-0.05, 0) is 54.8 Å². The fourth-order valence-electron chi connectivity index (χ4n) is 4.97. The topological polar surface area (TPSA) is 107 Å². The molecule has 2 aromatic heterocycles. The highest BCUT2D eigenvalue weighted by Crippen LogP contribution is 2.35. The molecule has 0 aliphatic carbocycles. The van der Waals surface area contributed by atoms with Crippen molar-refractivity contribution in [1.29, 1.82) is 5.26 Å². The fourth-order valence-corrected chi connectivity index (χ4v) is 7.05. The Balaban J connectivity index is 1.56. The van der Waals surface area contributed by atoms with Crippen molar-refractivity contribution < 1.29 is 27.4 Å². The zero-order valence-corrected chi connectivity index (χ0v) is 26.1. The van der Waals surface area contributed by atoms with E-state index in [1.165, 1.54) is 37.0 Å². The third kappa shape index (κ3) is 6.29. The number of allylic oxidation sites excluding steroid dienone is 1. The number of nitriles is 1. The summed E-state index contributed by atoms with van der Waals surface area (Å²) < 4.78 is 52.6. The maximum absolute atomic E-state index is 13.8. The molecule has 0 unspecified atom stereocenters. The molecule has 0 radical (unpaired) electrons. The number of alkyl halides is 3. The monoisotopic (exact) mass is 650 g/mol. The Morgan fingerprint density at radius 2 is 1.89 bits per heavy atom. The van der Waals surface area contributed by atoms with E-state index in [0.717, 1.165) is 23.4 Å². The Morgan fingerprint density at radius 3 is 2.53 bits per heavy atom. The summed E-state index contributed by atoms with van der Waals surface area (Å²) in [5, 5.41) is 9.54. The van der Waals surface area contributed by atoms with Gasteiger partial charge in [0.05, 0.1) is 41.6 Å². The molecule has 2 aromatic carbocycles. The van der Waals surface area contributed by atoms with Gasteiger partial charge in [0.15, 0.2) is 4.80 Å². The summed E-state index contributed by atoms with van der Waals surface area (Å²) in [6.45, 7) is 3.14. The number of methoxy groups -OCH3 is 2. The third-order valence-electron chi connectivity index (χ3n) is 7.09. The number of aromatic nitrogens is 2. The van der Waals surface area contributed by atoms with Crippen LogP contribution in [0.2, 0.25) is 0 Å². The second-order valence-electron chi connectivity index (χ2n) is 9.96. The van der Waals surface area contributed by atoms with E-state index in [1.54, 1.807) is 31.2 Å². The lowest BCUT2D eigenvalue weighted by molar-refractivity contribution is -0.141. The number of hydrogen-bond acceptors (Lipinski definition) is 9. The van der Waals surface area contributed by atoms with Crippen LogP contribution in [0.5, 0.6) is 5.75 Å². The molecular formula is C32H25F3N4O4S2. The molecule has 0 fully saturated rings. The quantitative estimate of drug-likeness (QED) is 0.197. The summed E-state index contributed by atoms with van der Waals surface area (Å²) in [6.07, 6.45) is -2.98. The second-order valence-corrected chi connectivity index (χ2v) is 11.9. The number of fused-ring (bicyclic) bond motifs is 1. The minimum atomic E-state index is -4.66. The number of aryl methyl sites for hydroxylation is 1. The molecule has 0 saturated carbocycles. The zero-order valence-electron chi connectivity index (χ0n) is 24.4. The Morgan fingerprint density at radius 1 is 1.16 bits per heavy atom. The predicted octanol–water partition coefficient (Wildman–Crippen LogP) is 5.30. The number of halogens is 3. The Kier molecular flexibility index (Phi) is 8.99. The number of pyridine rings is 1. The molecule has 5 rings (SSSR count). The smallest absolute Gasteiger partial charge is 0.433 e. The van der Waals surface area contributed by atoms with Crippen molar-refractivity contribution in [3.8, 4) is 11.8 Å². The molecule has 0 saturated heterocycles. The number of ether oxygens (including phenoxy) is 2. The summed E-state index contributed by atoms with van der Waals surface area (Å²) in [5.74, 6) is 0.0388. The first-order chi connectivity index (χ1) is 21.5. The maximum Gasteiger partial charge on any atom is 0.433 e. The maximum atomic E-state index is 13.8. The van der Waals surface area contributed by atoms with Crippen LogP contribution in [-0.2, 0) is 21.5 Å². The largest absolute Gasteiger partial charge is 0.496 e. The summed E-state index contributed by atoms with van der Waals surface area (Å²) in [5.41, 5.74) is 1.51. The summed E-state index contributed by atoms with van der Waals surface area (Å²) >= 11 is 2.16. The average Bonchev–Trinajstić information content (AvgIpc) is 3.32. The molecule has 4 aromatic rings. The molecule has 3 heterocycles. The minimum Gasteiger partial charge on any atom is -0.496 e. The lowest BCUT2D eigenvalue weighted by atomic mass is 9.96. The van der Waals surface area contributed by atoms with E-state index >= 15 is 0 Å². The fraction of sp³-hybridized carbons (Fsp3) is 0.219. The van der Waals surface area contributed by atoms with Crippen LogP contribution in [0.25, 0.3) is 6.08 Å². The summed E-state index contributed by atoms with van der Waals surface area (Å²) in [6, 6.07) is 16.4. The van der Waals surface area contributed by atoms with Crippen molar-refractivity contribution in [3.63, 3.8) is 0 Å². The van der Waals surface area contributed by atoms with Gasteiger partial charge in [0, 0.05) is 11.3 Å². The van der Waals surface area contributed by atoms with Gasteiger partial charge >= 0.3 is 12.1 Å². The normalized spacial score (nSPS) is 14.9. The zero-order chi connectivity index (χ0) is 32.5. The molecular weight excluding hydrogens is 626 g/mol. The van der Waals surface area contributed by atoms with E-state index in [9.17, 15) is 28.0 Å². The van der Waals surface area contributed by atoms with E-state index < -0.39 is 23.9 Å². The van der Waals surface area contributed by atoms with Gasteiger partial charge in [0.2, 0.25) is 0 Å². The molecule has 45 heavy (non-hydrogen) atoms. The van der Waals surface area contributed by atoms with Crippen LogP contribution in [0.3, 0.4) is 0 Å². The number of benzene rings is 2. The number of esters is 1. The molecule has 1 aliphatic rings. The highest BCUT2D eigenvalue weighted by molar-refractivity contribution is 7.98. The van der Waals surface area contributed by atoms with E-state index in [4.69, 9.17) is 9.47 Å². The van der Waals surface area contributed by atoms with E-state index in [1.807, 2.05) is 36.4 Å². The first-order valence-electron chi connectivity index (χ1n) is 13.4. The van der Waals surface area contributed by atoms with Crippen molar-refractivity contribution in [2.75, 3.05) is 14.2 Å². The molecule has 0 N–H and O–H groups in total. The first-order valence-corrected chi connectivity index (χ1v) is 15.2. The van der Waals surface area contributed by atoms with Gasteiger partial charge in [-0.1, -0.05) is 47.7 Å². The molecule has 0 spiro atoms. The summed E-state index contributed by atoms with van der Waals surface area (Å²) in [7, 11) is 2.75. The molecule has 0 bridgehead atoms. The number of carbonyl (C=O) groups is 1. The van der Waals surface area contributed by atoms with Crippen molar-refractivity contribution in [2.24, 2.45) is 4.99 Å². The predicted molar refractivity (Wildman–Crippen MR) is 163 cm³/mol. The number of carbonyl (C=O) groups excluding carboxylic acids is 1. The van der Waals surface area contributed by atoms with Gasteiger partial charge in [-0.3, -0.25) is 9.36 Å². The number of thiazole rings is 1. The minimum absolute atomic E-state index is 0.0386. The van der Waals surface area contributed by atoms with E-state index in [2.05, 4.69) is 9.98 Å². The van der Waals surface area contributed by atoms with Gasteiger partial charge < -0.3 is 9.47 Å². The van der Waals surface area contributed by atoms with Crippen LogP contribution in [0.15, 0.2) is 80.7 Å². The molecule has 1 aliphatic heterocycles. The van der Waals surface area contributed by atoms with Crippen molar-refractivity contribution in [2.45, 2.75) is 36.8 Å². The number of hydrogen-bond donors (Lipinski definition) is 0. The first kappa shape index (κ1) is 31.7. The van der Waals surface area contributed by atoms with Gasteiger partial charge in [-0.25, -0.2) is 14.8 Å².